The molecule has 4 saturated carbocycles. The van der Waals surface area contributed by atoms with Gasteiger partial charge in [0.1, 0.15) is 24.6 Å². The minimum atomic E-state index is -1.25. The van der Waals surface area contributed by atoms with Gasteiger partial charge in [-0.3, -0.25) is 19.2 Å². The van der Waals surface area contributed by atoms with Gasteiger partial charge in [0.05, 0.1) is 21.2 Å². The van der Waals surface area contributed by atoms with Gasteiger partial charge < -0.3 is 31.1 Å². The SMILES string of the molecule is CC(C)CCC[C@@H](C)[C@H]1CC[C@H]2[C@@H]3CC[C@H]4C[C@@H](CCCC(c5cc(Cl)c(O)c(C(=O)NCC(=O)O)c5)c5cc(Cl)c(O)c(C(=O)NCC(=O)O)c5)CC[C@]4(C)[C@H]3CC[C@]12C. The Hall–Kier alpha value is -3.50. The molecule has 12 heteroatoms. The Balaban J connectivity index is 1.17. The molecule has 0 aromatic heterocycles. The molecule has 6 N–H and O–H groups in total. The summed E-state index contributed by atoms with van der Waals surface area (Å²) >= 11 is 13.0. The Kier molecular flexibility index (Phi) is 15.0. The highest BCUT2D eigenvalue weighted by Crippen LogP contribution is 2.69. The van der Waals surface area contributed by atoms with Crippen molar-refractivity contribution in [1.82, 2.24) is 10.6 Å². The zero-order valence-electron chi connectivity index (χ0n) is 36.7. The minimum absolute atomic E-state index is 0.109. The fraction of sp³-hybridized carbons (Fsp3) is 0.673. The van der Waals surface area contributed by atoms with Crippen LogP contribution < -0.4 is 10.6 Å². The maximum atomic E-state index is 13.1. The molecule has 0 unspecified atom stereocenters. The number of carboxylic acid groups (broad SMARTS) is 2. The van der Waals surface area contributed by atoms with Gasteiger partial charge in [-0.15, -0.1) is 0 Å². The molecular weight excluding hydrogens is 815 g/mol. The standard InChI is InChI=1S/C49H68Cl2N2O8/c1-27(2)8-6-9-28(3)37-14-15-38-34-13-12-32-20-29(16-18-48(32,4)39(34)17-19-49(37,38)5)10-7-11-33(30-21-35(44(58)40(50)23-30)46(60)52-25-42(54)55)31-22-36(45(59)41(51)24-31)47(61)53-26-43(56)57/h21-24,27-29,32-34,37-39,58-59H,6-20,25-26H2,1-5H3,(H,52,60)(H,53,61)(H,54,55)(H,56,57)/t28-,29+,32+,34+,37-,38+,39+,48+,49-/m1/s1. The first-order valence-electron chi connectivity index (χ1n) is 22.9. The highest BCUT2D eigenvalue weighted by atomic mass is 35.5. The van der Waals surface area contributed by atoms with E-state index in [0.29, 0.717) is 40.2 Å². The van der Waals surface area contributed by atoms with E-state index < -0.39 is 54.3 Å². The summed E-state index contributed by atoms with van der Waals surface area (Å²) in [6.45, 7) is 11.2. The third kappa shape index (κ3) is 10.2. The number of phenols is 2. The molecule has 0 saturated heterocycles. The largest absolute Gasteiger partial charge is 0.506 e. The number of nitrogens with one attached hydrogen (secondary N) is 2. The number of aromatic hydroxyl groups is 2. The van der Waals surface area contributed by atoms with E-state index in [4.69, 9.17) is 33.4 Å². The maximum Gasteiger partial charge on any atom is 0.322 e. The fourth-order valence-corrected chi connectivity index (χ4v) is 13.7. The predicted molar refractivity (Wildman–Crippen MR) is 238 cm³/mol. The molecule has 61 heavy (non-hydrogen) atoms. The van der Waals surface area contributed by atoms with Crippen LogP contribution in [0, 0.1) is 58.2 Å². The second kappa shape index (κ2) is 19.5. The first kappa shape index (κ1) is 47.0. The van der Waals surface area contributed by atoms with Crippen molar-refractivity contribution < 1.29 is 39.6 Å². The summed E-state index contributed by atoms with van der Waals surface area (Å²) in [5, 5.41) is 44.2. The third-order valence-corrected chi connectivity index (χ3v) is 16.9. The van der Waals surface area contributed by atoms with Gasteiger partial charge in [-0.05, 0) is 158 Å². The van der Waals surface area contributed by atoms with E-state index >= 15 is 0 Å². The van der Waals surface area contributed by atoms with E-state index in [-0.39, 0.29) is 21.2 Å². The van der Waals surface area contributed by atoms with E-state index in [2.05, 4.69) is 45.3 Å². The summed E-state index contributed by atoms with van der Waals surface area (Å²) in [5.74, 6) is 0.537. The van der Waals surface area contributed by atoms with Crippen molar-refractivity contribution >= 4 is 47.0 Å². The lowest BCUT2D eigenvalue weighted by molar-refractivity contribution is -0.136. The summed E-state index contributed by atoms with van der Waals surface area (Å²) in [4.78, 5) is 48.5. The van der Waals surface area contributed by atoms with Crippen LogP contribution in [0.3, 0.4) is 0 Å². The molecule has 6 rings (SSSR count). The van der Waals surface area contributed by atoms with Gasteiger partial charge in [0.15, 0.2) is 0 Å². The molecule has 9 atom stereocenters. The highest BCUT2D eigenvalue weighted by Gasteiger charge is 2.60. The second-order valence-corrected chi connectivity index (χ2v) is 21.1. The first-order valence-corrected chi connectivity index (χ1v) is 23.6. The van der Waals surface area contributed by atoms with E-state index in [1.54, 1.807) is 12.1 Å². The van der Waals surface area contributed by atoms with Crippen molar-refractivity contribution in [2.45, 2.75) is 137 Å². The van der Waals surface area contributed by atoms with Gasteiger partial charge in [-0.25, -0.2) is 0 Å². The number of amides is 2. The monoisotopic (exact) mass is 882 g/mol. The van der Waals surface area contributed by atoms with Crippen LogP contribution in [0.2, 0.25) is 10.0 Å². The summed E-state index contributed by atoms with van der Waals surface area (Å²) in [6, 6.07) is 6.02. The molecule has 0 bridgehead atoms. The molecule has 4 aliphatic rings. The van der Waals surface area contributed by atoms with Crippen molar-refractivity contribution in [3.05, 3.63) is 56.6 Å². The number of rotatable bonds is 17. The molecule has 0 spiro atoms. The second-order valence-electron chi connectivity index (χ2n) is 20.3. The lowest BCUT2D eigenvalue weighted by Gasteiger charge is -2.61. The normalized spacial score (nSPS) is 28.7. The molecular formula is C49H68Cl2N2O8. The zero-order chi connectivity index (χ0) is 44.4. The van der Waals surface area contributed by atoms with Crippen LogP contribution in [0.15, 0.2) is 24.3 Å². The van der Waals surface area contributed by atoms with Gasteiger partial charge in [0.25, 0.3) is 11.8 Å². The van der Waals surface area contributed by atoms with Gasteiger partial charge in [-0.1, -0.05) is 89.9 Å². The Labute approximate surface area is 371 Å². The van der Waals surface area contributed by atoms with Gasteiger partial charge >= 0.3 is 11.9 Å². The molecule has 2 aromatic rings. The van der Waals surface area contributed by atoms with Crippen molar-refractivity contribution in [3.8, 4) is 11.5 Å². The molecule has 2 aromatic carbocycles. The number of hydrogen-bond donors (Lipinski definition) is 6. The Morgan fingerprint density at radius 3 is 1.82 bits per heavy atom. The lowest BCUT2D eigenvalue weighted by atomic mass is 9.44. The fourth-order valence-electron chi connectivity index (χ4n) is 13.3. The molecule has 0 radical (unpaired) electrons. The van der Waals surface area contributed by atoms with Crippen molar-refractivity contribution in [2.75, 3.05) is 13.1 Å². The smallest absolute Gasteiger partial charge is 0.322 e. The number of carbonyl (C=O) groups is 4. The van der Waals surface area contributed by atoms with Crippen molar-refractivity contribution in [1.29, 1.82) is 0 Å². The van der Waals surface area contributed by atoms with Crippen LogP contribution in [0.1, 0.15) is 169 Å². The van der Waals surface area contributed by atoms with Crippen LogP contribution in [0.4, 0.5) is 0 Å². The van der Waals surface area contributed by atoms with Crippen molar-refractivity contribution in [3.63, 3.8) is 0 Å². The van der Waals surface area contributed by atoms with Crippen LogP contribution in [0.5, 0.6) is 11.5 Å². The molecule has 4 aliphatic carbocycles. The van der Waals surface area contributed by atoms with E-state index in [1.165, 1.54) is 89.2 Å². The van der Waals surface area contributed by atoms with Gasteiger partial charge in [-0.2, -0.15) is 0 Å². The number of aliphatic carboxylic acids is 2. The summed E-state index contributed by atoms with van der Waals surface area (Å²) in [5.41, 5.74) is 1.50. The first-order chi connectivity index (χ1) is 28.8. The number of benzene rings is 2. The number of halogens is 2. The highest BCUT2D eigenvalue weighted by molar-refractivity contribution is 6.33. The number of hydrogen-bond acceptors (Lipinski definition) is 6. The van der Waals surface area contributed by atoms with Crippen molar-refractivity contribution in [2.24, 2.45) is 58.2 Å². The quantitative estimate of drug-likeness (QED) is 0.0911. The maximum absolute atomic E-state index is 13.1. The number of fused-ring (bicyclic) bond motifs is 5. The third-order valence-electron chi connectivity index (χ3n) is 16.3. The molecule has 0 aliphatic heterocycles. The van der Waals surface area contributed by atoms with Crippen LogP contribution in [-0.2, 0) is 9.59 Å². The molecule has 4 fully saturated rings. The Bertz CT molecular complexity index is 1870. The Morgan fingerprint density at radius 2 is 1.26 bits per heavy atom. The number of carbonyl (C=O) groups excluding carboxylic acids is 2. The lowest BCUT2D eigenvalue weighted by Crippen LogP contribution is -2.53. The van der Waals surface area contributed by atoms with Crippen LogP contribution in [0.25, 0.3) is 0 Å². The van der Waals surface area contributed by atoms with E-state index in [1.807, 2.05) is 0 Å². The zero-order valence-corrected chi connectivity index (χ0v) is 38.2. The van der Waals surface area contributed by atoms with E-state index in [0.717, 1.165) is 48.3 Å². The minimum Gasteiger partial charge on any atom is -0.506 e. The van der Waals surface area contributed by atoms with Crippen LogP contribution in [-0.4, -0.2) is 57.3 Å². The molecule has 10 nitrogen and oxygen atoms in total. The summed E-state index contributed by atoms with van der Waals surface area (Å²) in [7, 11) is 0. The topological polar surface area (TPSA) is 173 Å². The predicted octanol–water partition coefficient (Wildman–Crippen LogP) is 11.1. The average Bonchev–Trinajstić information content (AvgIpc) is 3.57. The molecule has 0 heterocycles. The van der Waals surface area contributed by atoms with Gasteiger partial charge in [0, 0.05) is 5.92 Å². The van der Waals surface area contributed by atoms with Gasteiger partial charge in [0.2, 0.25) is 0 Å². The number of carboxylic acids is 2. The summed E-state index contributed by atoms with van der Waals surface area (Å²) in [6.07, 6.45) is 18.2. The average molecular weight is 884 g/mol. The van der Waals surface area contributed by atoms with Crippen LogP contribution >= 0.6 is 23.2 Å². The Morgan fingerprint density at radius 1 is 0.705 bits per heavy atom. The molecule has 336 valence electrons. The van der Waals surface area contributed by atoms with E-state index in [9.17, 15) is 29.4 Å². The molecule has 2 amide bonds. The number of phenolic OH excluding ortho intramolecular Hbond substituents is 2. The summed E-state index contributed by atoms with van der Waals surface area (Å²) < 4.78 is 0.